The Balaban J connectivity index is 1.69. The normalized spacial score (nSPS) is 17.1. The molecule has 1 N–H and O–H groups in total. The van der Waals surface area contributed by atoms with Gasteiger partial charge < -0.3 is 10.2 Å². The molecule has 0 amide bonds. The zero-order valence-corrected chi connectivity index (χ0v) is 15.9. The van der Waals surface area contributed by atoms with E-state index in [0.717, 1.165) is 32.0 Å². The summed E-state index contributed by atoms with van der Waals surface area (Å²) in [4.78, 5) is 19.2. The molecule has 0 aromatic carbocycles. The van der Waals surface area contributed by atoms with Crippen molar-refractivity contribution in [2.45, 2.75) is 44.9 Å². The summed E-state index contributed by atoms with van der Waals surface area (Å²) in [6.07, 6.45) is 1.41. The number of pyridine rings is 2. The largest absolute Gasteiger partial charge is 0.433 e. The van der Waals surface area contributed by atoms with Gasteiger partial charge in [0, 0.05) is 37.1 Å². The smallest absolute Gasteiger partial charge is 0.365 e. The van der Waals surface area contributed by atoms with E-state index in [4.69, 9.17) is 0 Å². The molecule has 1 fully saturated rings. The van der Waals surface area contributed by atoms with Gasteiger partial charge in [-0.15, -0.1) is 0 Å². The van der Waals surface area contributed by atoms with Gasteiger partial charge in [0.1, 0.15) is 11.5 Å². The summed E-state index contributed by atoms with van der Waals surface area (Å²) >= 11 is 0. The highest BCUT2D eigenvalue weighted by Gasteiger charge is 2.35. The van der Waals surface area contributed by atoms with Crippen LogP contribution in [0.25, 0.3) is 11.0 Å². The number of anilines is 2. The summed E-state index contributed by atoms with van der Waals surface area (Å²) in [5.41, 5.74) is -0.316. The molecule has 0 saturated carbocycles. The molecule has 1 unspecified atom stereocenters. The Kier molecular flexibility index (Phi) is 5.21. The average Bonchev–Trinajstić information content (AvgIpc) is 3.20. The molecule has 4 heterocycles. The van der Waals surface area contributed by atoms with Crippen molar-refractivity contribution in [1.82, 2.24) is 19.9 Å². The lowest BCUT2D eigenvalue weighted by atomic mass is 10.2. The minimum atomic E-state index is -4.51. The third kappa shape index (κ3) is 3.94. The van der Waals surface area contributed by atoms with Crippen LogP contribution in [0.4, 0.5) is 24.9 Å². The molecule has 0 spiro atoms. The van der Waals surface area contributed by atoms with Crippen molar-refractivity contribution >= 4 is 22.8 Å². The minimum absolute atomic E-state index is 0.0552. The highest BCUT2D eigenvalue weighted by molar-refractivity contribution is 5.87. The number of hydrogen-bond donors (Lipinski definition) is 1. The van der Waals surface area contributed by atoms with Gasteiger partial charge in [-0.2, -0.15) is 23.1 Å². The maximum absolute atomic E-state index is 13.2. The second-order valence-corrected chi connectivity index (χ2v) is 7.01. The average molecular weight is 402 g/mol. The molecule has 0 bridgehead atoms. The van der Waals surface area contributed by atoms with Crippen LogP contribution in [0, 0.1) is 0 Å². The lowest BCUT2D eigenvalue weighted by Crippen LogP contribution is -2.30. The SMILES string of the molecule is CCC1CCCN1c1nc(NCc2cccnc2C(F)(F)F)c2cccnc2n1. The Morgan fingerprint density at radius 2 is 1.93 bits per heavy atom. The van der Waals surface area contributed by atoms with Crippen molar-refractivity contribution in [2.24, 2.45) is 0 Å². The first-order valence-corrected chi connectivity index (χ1v) is 9.61. The van der Waals surface area contributed by atoms with Crippen LogP contribution in [0.1, 0.15) is 37.4 Å². The van der Waals surface area contributed by atoms with Gasteiger partial charge in [0.15, 0.2) is 5.65 Å². The first kappa shape index (κ1) is 19.4. The Morgan fingerprint density at radius 1 is 1.14 bits per heavy atom. The van der Waals surface area contributed by atoms with Crippen LogP contribution in [0.5, 0.6) is 0 Å². The first-order valence-electron chi connectivity index (χ1n) is 9.61. The Labute approximate surface area is 166 Å². The number of halogens is 3. The molecule has 4 rings (SSSR count). The van der Waals surface area contributed by atoms with Crippen LogP contribution in [-0.4, -0.2) is 32.5 Å². The van der Waals surface area contributed by atoms with Gasteiger partial charge in [-0.25, -0.2) is 4.98 Å². The zero-order chi connectivity index (χ0) is 20.4. The molecule has 6 nitrogen and oxygen atoms in total. The van der Waals surface area contributed by atoms with E-state index in [-0.39, 0.29) is 12.1 Å². The third-order valence-electron chi connectivity index (χ3n) is 5.17. The van der Waals surface area contributed by atoms with Crippen molar-refractivity contribution in [3.63, 3.8) is 0 Å². The van der Waals surface area contributed by atoms with E-state index in [1.54, 1.807) is 12.3 Å². The van der Waals surface area contributed by atoms with Crippen molar-refractivity contribution < 1.29 is 13.2 Å². The van der Waals surface area contributed by atoms with Crippen LogP contribution >= 0.6 is 0 Å². The number of aromatic nitrogens is 4. The van der Waals surface area contributed by atoms with Gasteiger partial charge in [-0.1, -0.05) is 13.0 Å². The molecule has 29 heavy (non-hydrogen) atoms. The molecule has 0 radical (unpaired) electrons. The van der Waals surface area contributed by atoms with Crippen LogP contribution in [0.3, 0.4) is 0 Å². The maximum Gasteiger partial charge on any atom is 0.433 e. The number of fused-ring (bicyclic) bond motifs is 1. The van der Waals surface area contributed by atoms with E-state index < -0.39 is 11.9 Å². The second-order valence-electron chi connectivity index (χ2n) is 7.01. The van der Waals surface area contributed by atoms with E-state index in [0.29, 0.717) is 28.8 Å². The van der Waals surface area contributed by atoms with Gasteiger partial charge in [0.2, 0.25) is 5.95 Å². The predicted octanol–water partition coefficient (Wildman–Crippen LogP) is 4.43. The van der Waals surface area contributed by atoms with E-state index in [1.165, 1.54) is 12.1 Å². The number of nitrogens with one attached hydrogen (secondary N) is 1. The molecule has 1 saturated heterocycles. The summed E-state index contributed by atoms with van der Waals surface area (Å²) in [7, 11) is 0. The van der Waals surface area contributed by atoms with Gasteiger partial charge in [0.05, 0.1) is 5.39 Å². The summed E-state index contributed by atoms with van der Waals surface area (Å²) < 4.78 is 39.7. The molecule has 3 aromatic heterocycles. The number of nitrogens with zero attached hydrogens (tertiary/aromatic N) is 5. The van der Waals surface area contributed by atoms with E-state index in [9.17, 15) is 13.2 Å². The number of hydrogen-bond acceptors (Lipinski definition) is 6. The van der Waals surface area contributed by atoms with Crippen LogP contribution in [-0.2, 0) is 12.7 Å². The van der Waals surface area contributed by atoms with Crippen molar-refractivity contribution in [1.29, 1.82) is 0 Å². The molecule has 152 valence electrons. The number of alkyl halides is 3. The third-order valence-corrected chi connectivity index (χ3v) is 5.17. The van der Waals surface area contributed by atoms with Crippen molar-refractivity contribution in [2.75, 3.05) is 16.8 Å². The summed E-state index contributed by atoms with van der Waals surface area (Å²) in [5.74, 6) is 1.03. The summed E-state index contributed by atoms with van der Waals surface area (Å²) in [5, 5.41) is 3.72. The van der Waals surface area contributed by atoms with Gasteiger partial charge in [-0.05, 0) is 37.5 Å². The fourth-order valence-corrected chi connectivity index (χ4v) is 3.75. The van der Waals surface area contributed by atoms with Gasteiger partial charge in [0.25, 0.3) is 0 Å². The summed E-state index contributed by atoms with van der Waals surface area (Å²) in [6, 6.07) is 6.84. The van der Waals surface area contributed by atoms with Crippen molar-refractivity contribution in [3.05, 3.63) is 47.9 Å². The molecule has 1 aliphatic rings. The molecule has 3 aromatic rings. The van der Waals surface area contributed by atoms with Crippen LogP contribution in [0.2, 0.25) is 0 Å². The van der Waals surface area contributed by atoms with Gasteiger partial charge >= 0.3 is 6.18 Å². The van der Waals surface area contributed by atoms with Crippen LogP contribution < -0.4 is 10.2 Å². The van der Waals surface area contributed by atoms with Gasteiger partial charge in [-0.3, -0.25) is 4.98 Å². The molecule has 9 heteroatoms. The second kappa shape index (κ2) is 7.81. The van der Waals surface area contributed by atoms with E-state index in [2.05, 4.69) is 37.1 Å². The fraction of sp³-hybridized carbons (Fsp3) is 0.400. The quantitative estimate of drug-likeness (QED) is 0.681. The lowest BCUT2D eigenvalue weighted by Gasteiger charge is -2.24. The van der Waals surface area contributed by atoms with Crippen molar-refractivity contribution in [3.8, 4) is 0 Å². The monoisotopic (exact) mass is 402 g/mol. The molecular weight excluding hydrogens is 381 g/mol. The molecule has 1 aliphatic heterocycles. The Morgan fingerprint density at radius 3 is 2.72 bits per heavy atom. The fourth-order valence-electron chi connectivity index (χ4n) is 3.75. The number of rotatable bonds is 5. The van der Waals surface area contributed by atoms with E-state index >= 15 is 0 Å². The van der Waals surface area contributed by atoms with E-state index in [1.807, 2.05) is 6.07 Å². The Bertz CT molecular complexity index is 1010. The highest BCUT2D eigenvalue weighted by Crippen LogP contribution is 2.31. The summed E-state index contributed by atoms with van der Waals surface area (Å²) in [6.45, 7) is 2.93. The lowest BCUT2D eigenvalue weighted by molar-refractivity contribution is -0.141. The first-order chi connectivity index (χ1) is 14.0. The van der Waals surface area contributed by atoms with Crippen LogP contribution in [0.15, 0.2) is 36.7 Å². The standard InChI is InChI=1S/C20H21F3N6/c1-2-14-7-5-11-29(14)19-27-17-15(8-4-10-25-17)18(28-19)26-12-13-6-3-9-24-16(13)20(21,22)23/h3-4,6,8-10,14H,2,5,7,11-12H2,1H3,(H,25,26,27,28). The topological polar surface area (TPSA) is 66.8 Å². The molecule has 1 atom stereocenters. The predicted molar refractivity (Wildman–Crippen MR) is 105 cm³/mol. The minimum Gasteiger partial charge on any atom is -0.365 e. The molecular formula is C20H21F3N6. The zero-order valence-electron chi connectivity index (χ0n) is 15.9. The maximum atomic E-state index is 13.2. The highest BCUT2D eigenvalue weighted by atomic mass is 19.4. The Hall–Kier alpha value is -2.97. The molecule has 0 aliphatic carbocycles.